The lowest BCUT2D eigenvalue weighted by Crippen LogP contribution is -2.28. The number of benzene rings is 2. The Labute approximate surface area is 190 Å². The van der Waals surface area contributed by atoms with Gasteiger partial charge in [0.2, 0.25) is 0 Å². The molecule has 31 heavy (non-hydrogen) atoms. The number of amides is 2. The lowest BCUT2D eigenvalue weighted by Gasteiger charge is -2.13. The molecule has 158 valence electrons. The van der Waals surface area contributed by atoms with Crippen molar-refractivity contribution in [3.8, 4) is 23.8 Å². The topological polar surface area (TPSA) is 99.0 Å². The number of methoxy groups -OCH3 is 1. The highest BCUT2D eigenvalue weighted by atomic mass is 79.9. The lowest BCUT2D eigenvalue weighted by atomic mass is 10.1. The summed E-state index contributed by atoms with van der Waals surface area (Å²) in [7, 11) is 1.47. The largest absolute Gasteiger partial charge is 0.493 e. The summed E-state index contributed by atoms with van der Waals surface area (Å²) >= 11 is 4.24. The summed E-state index contributed by atoms with van der Waals surface area (Å²) < 4.78 is 11.8. The molecule has 0 unspecified atom stereocenters. The number of non-ortho nitro benzene ring substituents is 1. The van der Waals surface area contributed by atoms with Gasteiger partial charge in [-0.05, 0) is 41.1 Å². The van der Waals surface area contributed by atoms with Crippen molar-refractivity contribution in [1.29, 1.82) is 0 Å². The Hall–Kier alpha value is -3.29. The van der Waals surface area contributed by atoms with E-state index in [0.717, 1.165) is 16.7 Å². The Morgan fingerprint density at radius 2 is 2.06 bits per heavy atom. The molecular weight excluding hydrogens is 488 g/mol. The highest BCUT2D eigenvalue weighted by Crippen LogP contribution is 2.38. The van der Waals surface area contributed by atoms with Gasteiger partial charge in [0, 0.05) is 16.6 Å². The Bertz CT molecular complexity index is 1140. The van der Waals surface area contributed by atoms with Gasteiger partial charge in [-0.1, -0.05) is 34.0 Å². The number of thioether (sulfide) groups is 1. The van der Waals surface area contributed by atoms with Crippen LogP contribution in [0.15, 0.2) is 45.8 Å². The third kappa shape index (κ3) is 5.07. The first kappa shape index (κ1) is 22.4. The number of hydrogen-bond donors (Lipinski definition) is 0. The molecule has 2 aromatic rings. The van der Waals surface area contributed by atoms with E-state index in [0.29, 0.717) is 27.1 Å². The van der Waals surface area contributed by atoms with Crippen LogP contribution in [0.25, 0.3) is 6.08 Å². The molecule has 1 saturated heterocycles. The monoisotopic (exact) mass is 502 g/mol. The first-order valence-electron chi connectivity index (χ1n) is 8.76. The van der Waals surface area contributed by atoms with E-state index >= 15 is 0 Å². The first-order chi connectivity index (χ1) is 14.8. The van der Waals surface area contributed by atoms with Crippen LogP contribution in [0, 0.1) is 22.5 Å². The molecule has 0 bridgehead atoms. The maximum Gasteiger partial charge on any atom is 0.294 e. The van der Waals surface area contributed by atoms with Gasteiger partial charge in [-0.2, -0.15) is 0 Å². The molecule has 2 amide bonds. The van der Waals surface area contributed by atoms with Crippen LogP contribution in [0.3, 0.4) is 0 Å². The third-order valence-corrected chi connectivity index (χ3v) is 5.80. The van der Waals surface area contributed by atoms with Crippen LogP contribution < -0.4 is 9.47 Å². The van der Waals surface area contributed by atoms with Gasteiger partial charge in [0.1, 0.15) is 6.61 Å². The van der Waals surface area contributed by atoms with E-state index in [9.17, 15) is 19.7 Å². The molecule has 1 aliphatic heterocycles. The quantitative estimate of drug-likeness (QED) is 0.235. The highest BCUT2D eigenvalue weighted by Gasteiger charge is 2.34. The van der Waals surface area contributed by atoms with Crippen LogP contribution in [-0.2, 0) is 11.4 Å². The number of hydrogen-bond acceptors (Lipinski definition) is 7. The Morgan fingerprint density at radius 1 is 1.29 bits per heavy atom. The number of ether oxygens (including phenoxy) is 2. The minimum Gasteiger partial charge on any atom is -0.493 e. The average Bonchev–Trinajstić information content (AvgIpc) is 3.01. The van der Waals surface area contributed by atoms with Crippen molar-refractivity contribution in [2.24, 2.45) is 0 Å². The minimum absolute atomic E-state index is 0.0247. The molecule has 2 aromatic carbocycles. The van der Waals surface area contributed by atoms with Gasteiger partial charge in [0.25, 0.3) is 16.8 Å². The molecular formula is C21H15BrN2O6S. The van der Waals surface area contributed by atoms with Gasteiger partial charge >= 0.3 is 0 Å². The van der Waals surface area contributed by atoms with Crippen molar-refractivity contribution in [2.45, 2.75) is 6.61 Å². The summed E-state index contributed by atoms with van der Waals surface area (Å²) in [4.78, 5) is 36.0. The second-order valence-electron chi connectivity index (χ2n) is 6.21. The second-order valence-corrected chi connectivity index (χ2v) is 8.06. The first-order valence-corrected chi connectivity index (χ1v) is 10.4. The number of carbonyl (C=O) groups excluding carboxylic acids is 2. The molecule has 3 rings (SSSR count). The van der Waals surface area contributed by atoms with Crippen molar-refractivity contribution < 1.29 is 24.0 Å². The molecule has 1 fully saturated rings. The van der Waals surface area contributed by atoms with Crippen molar-refractivity contribution in [2.75, 3.05) is 13.7 Å². The van der Waals surface area contributed by atoms with Gasteiger partial charge < -0.3 is 9.47 Å². The van der Waals surface area contributed by atoms with E-state index in [1.807, 2.05) is 0 Å². The van der Waals surface area contributed by atoms with Crippen LogP contribution in [0.2, 0.25) is 0 Å². The molecule has 0 spiro atoms. The van der Waals surface area contributed by atoms with Gasteiger partial charge in [-0.15, -0.1) is 6.42 Å². The zero-order valence-corrected chi connectivity index (χ0v) is 18.6. The molecule has 1 heterocycles. The standard InChI is InChI=1S/C21H15BrN2O6S/c1-3-7-23-20(25)19(31-21(23)26)10-14-9-17(29-2)18(11-16(14)22)30-12-13-5-4-6-15(8-13)24(27)28/h1,4-6,8-11H,7,12H2,2H3/b19-10-. The fraction of sp³-hybridized carbons (Fsp3) is 0.143. The molecule has 0 radical (unpaired) electrons. The van der Waals surface area contributed by atoms with E-state index in [1.165, 1.54) is 19.2 Å². The van der Waals surface area contributed by atoms with Crippen LogP contribution in [0.4, 0.5) is 10.5 Å². The van der Waals surface area contributed by atoms with Crippen LogP contribution in [0.1, 0.15) is 11.1 Å². The molecule has 0 aromatic heterocycles. The number of nitrogens with zero attached hydrogens (tertiary/aromatic N) is 2. The predicted molar refractivity (Wildman–Crippen MR) is 120 cm³/mol. The summed E-state index contributed by atoms with van der Waals surface area (Å²) in [5.74, 6) is 2.63. The SMILES string of the molecule is C#CCN1C(=O)S/C(=C\c2cc(OC)c(OCc3cccc([N+](=O)[O-])c3)cc2Br)C1=O. The van der Waals surface area contributed by atoms with E-state index in [2.05, 4.69) is 21.9 Å². The summed E-state index contributed by atoms with van der Waals surface area (Å²) in [5.41, 5.74) is 1.20. The fourth-order valence-electron chi connectivity index (χ4n) is 2.72. The fourth-order valence-corrected chi connectivity index (χ4v) is 3.99. The molecule has 0 N–H and O–H groups in total. The highest BCUT2D eigenvalue weighted by molar-refractivity contribution is 9.10. The Morgan fingerprint density at radius 3 is 2.74 bits per heavy atom. The smallest absolute Gasteiger partial charge is 0.294 e. The predicted octanol–water partition coefficient (Wildman–Crippen LogP) is 4.61. The van der Waals surface area contributed by atoms with Gasteiger partial charge in [0.15, 0.2) is 11.5 Å². The summed E-state index contributed by atoms with van der Waals surface area (Å²) in [6.45, 7) is 0.00568. The van der Waals surface area contributed by atoms with Crippen molar-refractivity contribution in [1.82, 2.24) is 4.90 Å². The summed E-state index contributed by atoms with van der Waals surface area (Å²) in [6.07, 6.45) is 6.77. The molecule has 8 nitrogen and oxygen atoms in total. The summed E-state index contributed by atoms with van der Waals surface area (Å²) in [6, 6.07) is 9.45. The number of terminal acetylenes is 1. The third-order valence-electron chi connectivity index (χ3n) is 4.21. The van der Waals surface area contributed by atoms with Crippen molar-refractivity contribution in [3.05, 3.63) is 67.0 Å². The molecule has 0 atom stereocenters. The molecule has 10 heteroatoms. The molecule has 0 saturated carbocycles. The maximum atomic E-state index is 12.4. The van der Waals surface area contributed by atoms with Crippen molar-refractivity contribution >= 4 is 50.6 Å². The van der Waals surface area contributed by atoms with E-state index in [1.54, 1.807) is 30.3 Å². The van der Waals surface area contributed by atoms with E-state index < -0.39 is 16.1 Å². The summed E-state index contributed by atoms with van der Waals surface area (Å²) in [5, 5.41) is 10.5. The molecule has 0 aliphatic carbocycles. The van der Waals surface area contributed by atoms with Crippen LogP contribution in [-0.4, -0.2) is 34.6 Å². The van der Waals surface area contributed by atoms with Crippen molar-refractivity contribution in [3.63, 3.8) is 0 Å². The zero-order valence-electron chi connectivity index (χ0n) is 16.2. The Kier molecular flexibility index (Phi) is 6.99. The van der Waals surface area contributed by atoms with E-state index in [-0.39, 0.29) is 23.7 Å². The van der Waals surface area contributed by atoms with Crippen LogP contribution >= 0.6 is 27.7 Å². The number of rotatable bonds is 7. The Balaban J connectivity index is 1.83. The average molecular weight is 503 g/mol. The van der Waals surface area contributed by atoms with E-state index in [4.69, 9.17) is 15.9 Å². The number of carbonyl (C=O) groups is 2. The zero-order chi connectivity index (χ0) is 22.5. The number of halogens is 1. The van der Waals surface area contributed by atoms with Crippen LogP contribution in [0.5, 0.6) is 11.5 Å². The minimum atomic E-state index is -0.471. The van der Waals surface area contributed by atoms with Gasteiger partial charge in [-0.3, -0.25) is 24.6 Å². The van der Waals surface area contributed by atoms with Gasteiger partial charge in [0.05, 0.1) is 23.5 Å². The number of nitro benzene ring substituents is 1. The second kappa shape index (κ2) is 9.68. The number of nitro groups is 1. The molecule has 1 aliphatic rings. The van der Waals surface area contributed by atoms with Gasteiger partial charge in [-0.25, -0.2) is 0 Å². The number of imide groups is 1. The lowest BCUT2D eigenvalue weighted by molar-refractivity contribution is -0.384. The maximum absolute atomic E-state index is 12.4. The normalized spacial score (nSPS) is 14.6.